The lowest BCUT2D eigenvalue weighted by Crippen LogP contribution is -2.47. The molecule has 0 saturated carbocycles. The first-order chi connectivity index (χ1) is 15.2. The van der Waals surface area contributed by atoms with E-state index in [-0.39, 0.29) is 23.2 Å². The number of morpholine rings is 1. The molecule has 168 valence electrons. The smallest absolute Gasteiger partial charge is 0.225 e. The molecule has 0 N–H and O–H groups in total. The second kappa shape index (κ2) is 8.91. The molecule has 1 aliphatic carbocycles. The zero-order valence-electron chi connectivity index (χ0n) is 18.4. The molecule has 1 aromatic rings. The van der Waals surface area contributed by atoms with E-state index in [4.69, 9.17) is 9.47 Å². The summed E-state index contributed by atoms with van der Waals surface area (Å²) >= 11 is 0. The van der Waals surface area contributed by atoms with E-state index in [0.717, 1.165) is 45.2 Å². The van der Waals surface area contributed by atoms with Crippen LogP contribution in [0.4, 0.5) is 0 Å². The standard InChI is InChI=1S/C25H34N2O4/c28-23(26-11-15-31-16-12-26)17-20-18-25(22-4-2-1-3-21(20)22)7-9-27(10-8-25)24(29)19-5-13-30-14-6-19/h1-4,19-20H,5-18H2/t20-/m0/s1. The second-order valence-corrected chi connectivity index (χ2v) is 9.68. The van der Waals surface area contributed by atoms with E-state index < -0.39 is 0 Å². The summed E-state index contributed by atoms with van der Waals surface area (Å²) in [5.74, 6) is 0.998. The van der Waals surface area contributed by atoms with E-state index in [0.29, 0.717) is 51.8 Å². The van der Waals surface area contributed by atoms with Crippen molar-refractivity contribution < 1.29 is 19.1 Å². The second-order valence-electron chi connectivity index (χ2n) is 9.68. The Morgan fingerprint density at radius 2 is 1.58 bits per heavy atom. The zero-order chi connectivity index (χ0) is 21.3. The van der Waals surface area contributed by atoms with Crippen LogP contribution in [0.2, 0.25) is 0 Å². The van der Waals surface area contributed by atoms with E-state index in [1.165, 1.54) is 11.1 Å². The highest BCUT2D eigenvalue weighted by molar-refractivity contribution is 5.79. The van der Waals surface area contributed by atoms with Crippen LogP contribution in [0.3, 0.4) is 0 Å². The maximum Gasteiger partial charge on any atom is 0.225 e. The molecule has 4 aliphatic rings. The summed E-state index contributed by atoms with van der Waals surface area (Å²) in [7, 11) is 0. The molecule has 0 bridgehead atoms. The highest BCUT2D eigenvalue weighted by Crippen LogP contribution is 2.52. The first-order valence-corrected chi connectivity index (χ1v) is 12.0. The summed E-state index contributed by atoms with van der Waals surface area (Å²) in [6, 6.07) is 8.73. The average molecular weight is 427 g/mol. The van der Waals surface area contributed by atoms with Gasteiger partial charge >= 0.3 is 0 Å². The number of rotatable bonds is 3. The molecule has 6 heteroatoms. The van der Waals surface area contributed by atoms with Crippen LogP contribution >= 0.6 is 0 Å². The Bertz CT molecular complexity index is 805. The van der Waals surface area contributed by atoms with Crippen molar-refractivity contribution in [2.75, 3.05) is 52.6 Å². The molecular formula is C25H34N2O4. The van der Waals surface area contributed by atoms with Gasteiger partial charge < -0.3 is 19.3 Å². The molecule has 1 spiro atoms. The fraction of sp³-hybridized carbons (Fsp3) is 0.680. The summed E-state index contributed by atoms with van der Waals surface area (Å²) in [4.78, 5) is 30.0. The lowest BCUT2D eigenvalue weighted by Gasteiger charge is -2.42. The van der Waals surface area contributed by atoms with Gasteiger partial charge in [-0.2, -0.15) is 0 Å². The van der Waals surface area contributed by atoms with Crippen LogP contribution in [0.1, 0.15) is 55.6 Å². The molecule has 5 rings (SSSR count). The van der Waals surface area contributed by atoms with Crippen molar-refractivity contribution in [3.8, 4) is 0 Å². The normalized spacial score (nSPS) is 26.1. The zero-order valence-corrected chi connectivity index (χ0v) is 18.4. The number of carbonyl (C=O) groups excluding carboxylic acids is 2. The first kappa shape index (κ1) is 21.0. The Balaban J connectivity index is 1.27. The van der Waals surface area contributed by atoms with E-state index in [9.17, 15) is 9.59 Å². The van der Waals surface area contributed by atoms with Gasteiger partial charge in [-0.25, -0.2) is 0 Å². The molecule has 3 aliphatic heterocycles. The quantitative estimate of drug-likeness (QED) is 0.746. The van der Waals surface area contributed by atoms with Gasteiger partial charge in [-0.05, 0) is 54.6 Å². The Kier molecular flexibility index (Phi) is 6.02. The van der Waals surface area contributed by atoms with Crippen molar-refractivity contribution in [3.63, 3.8) is 0 Å². The molecule has 0 unspecified atom stereocenters. The number of piperidine rings is 1. The van der Waals surface area contributed by atoms with Crippen molar-refractivity contribution in [3.05, 3.63) is 35.4 Å². The minimum Gasteiger partial charge on any atom is -0.381 e. The third kappa shape index (κ3) is 4.12. The minimum atomic E-state index is 0.110. The summed E-state index contributed by atoms with van der Waals surface area (Å²) in [6.07, 6.45) is 5.33. The summed E-state index contributed by atoms with van der Waals surface area (Å²) in [5, 5.41) is 0. The summed E-state index contributed by atoms with van der Waals surface area (Å²) in [6.45, 7) is 5.79. The maximum atomic E-state index is 13.0. The Labute approximate surface area is 184 Å². The predicted molar refractivity (Wildman–Crippen MR) is 117 cm³/mol. The van der Waals surface area contributed by atoms with Gasteiger partial charge in [0.25, 0.3) is 0 Å². The maximum absolute atomic E-state index is 13.0. The van der Waals surface area contributed by atoms with Crippen molar-refractivity contribution in [1.82, 2.24) is 9.80 Å². The largest absolute Gasteiger partial charge is 0.381 e. The number of hydrogen-bond donors (Lipinski definition) is 0. The number of amides is 2. The van der Waals surface area contributed by atoms with Crippen LogP contribution in [-0.4, -0.2) is 74.2 Å². The fourth-order valence-corrected chi connectivity index (χ4v) is 6.19. The Morgan fingerprint density at radius 1 is 0.903 bits per heavy atom. The third-order valence-corrected chi connectivity index (χ3v) is 8.00. The van der Waals surface area contributed by atoms with E-state index >= 15 is 0 Å². The lowest BCUT2D eigenvalue weighted by atomic mass is 9.73. The number of carbonyl (C=O) groups is 2. The van der Waals surface area contributed by atoms with Gasteiger partial charge in [0.1, 0.15) is 0 Å². The van der Waals surface area contributed by atoms with Crippen LogP contribution in [0, 0.1) is 5.92 Å². The number of nitrogens with zero attached hydrogens (tertiary/aromatic N) is 2. The highest BCUT2D eigenvalue weighted by atomic mass is 16.5. The van der Waals surface area contributed by atoms with Gasteiger partial charge in [-0.1, -0.05) is 24.3 Å². The fourth-order valence-electron chi connectivity index (χ4n) is 6.19. The molecule has 0 aromatic heterocycles. The van der Waals surface area contributed by atoms with Crippen molar-refractivity contribution in [2.24, 2.45) is 5.92 Å². The molecular weight excluding hydrogens is 392 g/mol. The van der Waals surface area contributed by atoms with Gasteiger partial charge in [0.15, 0.2) is 0 Å². The summed E-state index contributed by atoms with van der Waals surface area (Å²) < 4.78 is 10.8. The minimum absolute atomic E-state index is 0.110. The molecule has 3 heterocycles. The molecule has 3 saturated heterocycles. The lowest BCUT2D eigenvalue weighted by molar-refractivity contribution is -0.140. The number of ether oxygens (including phenoxy) is 2. The van der Waals surface area contributed by atoms with Crippen LogP contribution in [0.5, 0.6) is 0 Å². The summed E-state index contributed by atoms with van der Waals surface area (Å²) in [5.41, 5.74) is 2.89. The van der Waals surface area contributed by atoms with Gasteiger partial charge in [0.2, 0.25) is 11.8 Å². The van der Waals surface area contributed by atoms with Crippen LogP contribution in [-0.2, 0) is 24.5 Å². The number of benzene rings is 1. The van der Waals surface area contributed by atoms with Crippen molar-refractivity contribution in [1.29, 1.82) is 0 Å². The molecule has 6 nitrogen and oxygen atoms in total. The molecule has 3 fully saturated rings. The average Bonchev–Trinajstić information content (AvgIpc) is 3.13. The highest BCUT2D eigenvalue weighted by Gasteiger charge is 2.46. The monoisotopic (exact) mass is 426 g/mol. The topological polar surface area (TPSA) is 59.1 Å². The molecule has 2 amide bonds. The van der Waals surface area contributed by atoms with Crippen molar-refractivity contribution >= 4 is 11.8 Å². The van der Waals surface area contributed by atoms with Crippen molar-refractivity contribution in [2.45, 2.75) is 49.9 Å². The number of fused-ring (bicyclic) bond motifs is 2. The molecule has 0 radical (unpaired) electrons. The Hall–Kier alpha value is -1.92. The number of likely N-dealkylation sites (tertiary alicyclic amines) is 1. The van der Waals surface area contributed by atoms with Gasteiger partial charge in [0, 0.05) is 51.7 Å². The van der Waals surface area contributed by atoms with Gasteiger partial charge in [0.05, 0.1) is 13.2 Å². The van der Waals surface area contributed by atoms with E-state index in [2.05, 4.69) is 29.2 Å². The predicted octanol–water partition coefficient (Wildman–Crippen LogP) is 2.71. The Morgan fingerprint density at radius 3 is 2.32 bits per heavy atom. The molecule has 1 atom stereocenters. The van der Waals surface area contributed by atoms with Crippen LogP contribution in [0.25, 0.3) is 0 Å². The van der Waals surface area contributed by atoms with Gasteiger partial charge in [-0.3, -0.25) is 9.59 Å². The number of hydrogen-bond acceptors (Lipinski definition) is 4. The molecule has 31 heavy (non-hydrogen) atoms. The third-order valence-electron chi connectivity index (χ3n) is 8.00. The van der Waals surface area contributed by atoms with E-state index in [1.54, 1.807) is 0 Å². The van der Waals surface area contributed by atoms with Gasteiger partial charge in [-0.15, -0.1) is 0 Å². The first-order valence-electron chi connectivity index (χ1n) is 12.0. The van der Waals surface area contributed by atoms with Crippen LogP contribution < -0.4 is 0 Å². The van der Waals surface area contributed by atoms with E-state index in [1.807, 2.05) is 4.90 Å². The molecule has 1 aromatic carbocycles. The SMILES string of the molecule is O=C(C[C@H]1CC2(CCN(C(=O)C3CCOCC3)CC2)c2ccccc21)N1CCOCC1. The van der Waals surface area contributed by atoms with Crippen LogP contribution in [0.15, 0.2) is 24.3 Å².